The standard InChI is InChI=1S/C28H42O6/c1-6-19(16(2)3)25(32)34-15-23(31)28(33)12-10-21-20-8-7-17-13-18(29)9-11-26(17,4)24(20)22(30)14-27(21,28)5/h13,16,19-22,24,30,33H,6-12,14-15H2,1-5H3/t19-,20+,21+,22+,24-,26+,27+,28-/m1/s1. The van der Waals surface area contributed by atoms with E-state index >= 15 is 0 Å². The Kier molecular flexibility index (Phi) is 6.65. The molecule has 4 aliphatic rings. The summed E-state index contributed by atoms with van der Waals surface area (Å²) in [5.74, 6) is -0.454. The van der Waals surface area contributed by atoms with Crippen LogP contribution in [-0.4, -0.2) is 46.1 Å². The molecule has 0 aliphatic heterocycles. The highest BCUT2D eigenvalue weighted by Gasteiger charge is 2.68. The van der Waals surface area contributed by atoms with Crippen molar-refractivity contribution >= 4 is 17.5 Å². The molecule has 4 rings (SSSR count). The van der Waals surface area contributed by atoms with Crippen molar-refractivity contribution in [3.05, 3.63) is 11.6 Å². The van der Waals surface area contributed by atoms with E-state index in [9.17, 15) is 24.6 Å². The topological polar surface area (TPSA) is 101 Å². The van der Waals surface area contributed by atoms with Crippen molar-refractivity contribution < 1.29 is 29.3 Å². The number of fused-ring (bicyclic) bond motifs is 5. The third-order valence-electron chi connectivity index (χ3n) is 10.4. The molecule has 6 heteroatoms. The predicted octanol–water partition coefficient (Wildman–Crippen LogP) is 4.01. The lowest BCUT2D eigenvalue weighted by Crippen LogP contribution is -2.62. The zero-order valence-electron chi connectivity index (χ0n) is 21.4. The number of allylic oxidation sites excluding steroid dienone is 1. The Morgan fingerprint density at radius 1 is 1.18 bits per heavy atom. The lowest BCUT2D eigenvalue weighted by molar-refractivity contribution is -0.185. The van der Waals surface area contributed by atoms with Gasteiger partial charge in [-0.25, -0.2) is 0 Å². The molecule has 0 radical (unpaired) electrons. The van der Waals surface area contributed by atoms with E-state index in [-0.39, 0.29) is 46.8 Å². The van der Waals surface area contributed by atoms with Gasteiger partial charge in [0.15, 0.2) is 12.4 Å². The van der Waals surface area contributed by atoms with Gasteiger partial charge in [0.1, 0.15) is 5.60 Å². The molecule has 8 atom stereocenters. The van der Waals surface area contributed by atoms with Gasteiger partial charge in [-0.15, -0.1) is 0 Å². The van der Waals surface area contributed by atoms with Gasteiger partial charge in [0.25, 0.3) is 0 Å². The predicted molar refractivity (Wildman–Crippen MR) is 128 cm³/mol. The zero-order valence-corrected chi connectivity index (χ0v) is 21.4. The number of ketones is 2. The van der Waals surface area contributed by atoms with Crippen molar-refractivity contribution in [2.75, 3.05) is 6.61 Å². The fourth-order valence-corrected chi connectivity index (χ4v) is 8.42. The average Bonchev–Trinajstić information content (AvgIpc) is 3.03. The minimum absolute atomic E-state index is 0.0327. The summed E-state index contributed by atoms with van der Waals surface area (Å²) < 4.78 is 5.40. The largest absolute Gasteiger partial charge is 0.457 e. The normalized spacial score (nSPS) is 42.4. The number of hydrogen-bond donors (Lipinski definition) is 2. The Morgan fingerprint density at radius 2 is 1.88 bits per heavy atom. The molecule has 0 unspecified atom stereocenters. The molecule has 0 spiro atoms. The van der Waals surface area contributed by atoms with E-state index < -0.39 is 29.5 Å². The first-order valence-corrected chi connectivity index (χ1v) is 13.2. The van der Waals surface area contributed by atoms with Gasteiger partial charge >= 0.3 is 5.97 Å². The minimum atomic E-state index is -1.61. The monoisotopic (exact) mass is 474 g/mol. The minimum Gasteiger partial charge on any atom is -0.457 e. The Balaban J connectivity index is 1.55. The molecule has 0 aromatic rings. The van der Waals surface area contributed by atoms with E-state index in [4.69, 9.17) is 4.74 Å². The number of ether oxygens (including phenoxy) is 1. The summed E-state index contributed by atoms with van der Waals surface area (Å²) in [5.41, 5.74) is -1.41. The van der Waals surface area contributed by atoms with Gasteiger partial charge in [-0.2, -0.15) is 0 Å². The van der Waals surface area contributed by atoms with Crippen molar-refractivity contribution in [3.8, 4) is 0 Å². The molecule has 3 saturated carbocycles. The molecular weight excluding hydrogens is 432 g/mol. The van der Waals surface area contributed by atoms with Crippen LogP contribution in [0.1, 0.15) is 86.0 Å². The Labute approximate surface area is 203 Å². The molecule has 6 nitrogen and oxygen atoms in total. The van der Waals surface area contributed by atoms with Crippen molar-refractivity contribution in [2.45, 2.75) is 97.7 Å². The summed E-state index contributed by atoms with van der Waals surface area (Å²) in [6, 6.07) is 0. The molecule has 0 heterocycles. The molecule has 0 aromatic carbocycles. The second kappa shape index (κ2) is 8.85. The van der Waals surface area contributed by atoms with Crippen LogP contribution >= 0.6 is 0 Å². The maximum atomic E-state index is 13.4. The fraction of sp³-hybridized carbons (Fsp3) is 0.821. The van der Waals surface area contributed by atoms with Crippen LogP contribution in [0.3, 0.4) is 0 Å². The van der Waals surface area contributed by atoms with Gasteiger partial charge in [0.05, 0.1) is 12.0 Å². The molecule has 0 saturated heterocycles. The van der Waals surface area contributed by atoms with Crippen LogP contribution in [0.25, 0.3) is 0 Å². The smallest absolute Gasteiger partial charge is 0.309 e. The van der Waals surface area contributed by atoms with Gasteiger partial charge in [-0.3, -0.25) is 14.4 Å². The lowest BCUT2D eigenvalue weighted by Gasteiger charge is -2.60. The molecule has 34 heavy (non-hydrogen) atoms. The van der Waals surface area contributed by atoms with Gasteiger partial charge in [0, 0.05) is 11.8 Å². The van der Waals surface area contributed by atoms with Gasteiger partial charge < -0.3 is 14.9 Å². The lowest BCUT2D eigenvalue weighted by atomic mass is 9.45. The molecular formula is C28H42O6. The number of carbonyl (C=O) groups is 3. The van der Waals surface area contributed by atoms with E-state index in [1.165, 1.54) is 5.57 Å². The first-order valence-electron chi connectivity index (χ1n) is 13.2. The summed E-state index contributed by atoms with van der Waals surface area (Å²) in [5, 5.41) is 23.2. The number of hydrogen-bond acceptors (Lipinski definition) is 6. The number of rotatable bonds is 6. The average molecular weight is 475 g/mol. The third-order valence-corrected chi connectivity index (χ3v) is 10.4. The Morgan fingerprint density at radius 3 is 2.53 bits per heavy atom. The molecule has 4 aliphatic carbocycles. The van der Waals surface area contributed by atoms with E-state index in [1.807, 2.05) is 33.8 Å². The van der Waals surface area contributed by atoms with E-state index in [0.717, 1.165) is 25.7 Å². The van der Waals surface area contributed by atoms with Crippen molar-refractivity contribution in [2.24, 2.45) is 40.4 Å². The SMILES string of the molecule is CC[C@@H](C(=O)OCC(=O)[C@]1(O)CC[C@H]2[C@@H]3CCC4=CC(=O)CC[C@]4(C)[C@H]3[C@@H](O)C[C@@]21C)C(C)C. The van der Waals surface area contributed by atoms with Gasteiger partial charge in [-0.1, -0.05) is 40.2 Å². The zero-order chi connectivity index (χ0) is 25.1. The molecule has 3 fully saturated rings. The summed E-state index contributed by atoms with van der Waals surface area (Å²) >= 11 is 0. The number of esters is 1. The second-order valence-electron chi connectivity index (χ2n) is 12.3. The fourth-order valence-electron chi connectivity index (χ4n) is 8.42. The maximum absolute atomic E-state index is 13.4. The highest BCUT2D eigenvalue weighted by atomic mass is 16.5. The van der Waals surface area contributed by atoms with Gasteiger partial charge in [0.2, 0.25) is 5.78 Å². The first kappa shape index (κ1) is 25.6. The highest BCUT2D eigenvalue weighted by Crippen LogP contribution is 2.67. The maximum Gasteiger partial charge on any atom is 0.309 e. The van der Waals surface area contributed by atoms with Crippen LogP contribution in [0.5, 0.6) is 0 Å². The quantitative estimate of drug-likeness (QED) is 0.564. The van der Waals surface area contributed by atoms with Crippen molar-refractivity contribution in [1.82, 2.24) is 0 Å². The Bertz CT molecular complexity index is 891. The van der Waals surface area contributed by atoms with E-state index in [2.05, 4.69) is 6.92 Å². The third kappa shape index (κ3) is 3.71. The summed E-state index contributed by atoms with van der Waals surface area (Å²) in [4.78, 5) is 37.9. The molecule has 0 aromatic heterocycles. The van der Waals surface area contributed by atoms with Crippen LogP contribution in [0, 0.1) is 40.4 Å². The van der Waals surface area contributed by atoms with Crippen LogP contribution in [0.4, 0.5) is 0 Å². The first-order chi connectivity index (χ1) is 15.9. The number of aliphatic hydroxyl groups excluding tert-OH is 1. The highest BCUT2D eigenvalue weighted by molar-refractivity contribution is 5.92. The molecule has 0 amide bonds. The molecule has 190 valence electrons. The van der Waals surface area contributed by atoms with Crippen LogP contribution in [-0.2, 0) is 19.1 Å². The summed E-state index contributed by atoms with van der Waals surface area (Å²) in [7, 11) is 0. The second-order valence-corrected chi connectivity index (χ2v) is 12.3. The van der Waals surface area contributed by atoms with Crippen molar-refractivity contribution in [1.29, 1.82) is 0 Å². The van der Waals surface area contributed by atoms with E-state index in [0.29, 0.717) is 25.7 Å². The summed E-state index contributed by atoms with van der Waals surface area (Å²) in [6.45, 7) is 9.57. The number of Topliss-reactive ketones (excluding diaryl/α,β-unsaturated/α-hetero) is 1. The van der Waals surface area contributed by atoms with E-state index in [1.54, 1.807) is 0 Å². The number of aliphatic hydroxyl groups is 2. The van der Waals surface area contributed by atoms with Crippen molar-refractivity contribution in [3.63, 3.8) is 0 Å². The summed E-state index contributed by atoms with van der Waals surface area (Å²) in [6.07, 6.45) is 6.16. The Hall–Kier alpha value is -1.53. The van der Waals surface area contributed by atoms with Gasteiger partial charge in [-0.05, 0) is 80.1 Å². The van der Waals surface area contributed by atoms with Crippen LogP contribution in [0.2, 0.25) is 0 Å². The van der Waals surface area contributed by atoms with Crippen LogP contribution in [0.15, 0.2) is 11.6 Å². The molecule has 2 N–H and O–H groups in total. The number of carbonyl (C=O) groups excluding carboxylic acids is 3. The van der Waals surface area contributed by atoms with Crippen LogP contribution < -0.4 is 0 Å². The molecule has 0 bridgehead atoms.